The third kappa shape index (κ3) is 3.87. The number of carbonyl (C=O) groups excluding carboxylic acids is 1. The van der Waals surface area contributed by atoms with Crippen LogP contribution in [0.1, 0.15) is 39.5 Å². The number of hydrogen-bond acceptors (Lipinski definition) is 5. The van der Waals surface area contributed by atoms with Crippen molar-refractivity contribution >= 4 is 51.7 Å². The number of carbonyl (C=O) groups is 1. The van der Waals surface area contributed by atoms with E-state index in [0.717, 1.165) is 41.2 Å². The molecule has 0 aliphatic heterocycles. The Bertz CT molecular complexity index is 1310. The summed E-state index contributed by atoms with van der Waals surface area (Å²) in [5, 5.41) is 4.98. The molecule has 0 amide bonds. The zero-order valence-electron chi connectivity index (χ0n) is 16.3. The molecule has 2 heterocycles. The van der Waals surface area contributed by atoms with Gasteiger partial charge in [0.1, 0.15) is 0 Å². The Balaban J connectivity index is 1.55. The highest BCUT2D eigenvalue weighted by molar-refractivity contribution is 7.17. The van der Waals surface area contributed by atoms with Gasteiger partial charge in [0.25, 0.3) is 0 Å². The van der Waals surface area contributed by atoms with Gasteiger partial charge in [-0.3, -0.25) is 4.40 Å². The first-order valence-corrected chi connectivity index (χ1v) is 11.5. The maximum Gasteiger partial charge on any atom is 0.367 e. The Morgan fingerprint density at radius 3 is 2.68 bits per heavy atom. The van der Waals surface area contributed by atoms with E-state index < -0.39 is 5.97 Å². The van der Waals surface area contributed by atoms with Crippen molar-refractivity contribution in [3.8, 4) is 11.3 Å². The van der Waals surface area contributed by atoms with Crippen LogP contribution in [0.3, 0.4) is 0 Å². The molecular weight excluding hydrogens is 453 g/mol. The number of benzene rings is 2. The molecule has 156 valence electrons. The molecule has 4 aromatic rings. The number of nitrogens with zero attached hydrogens (tertiary/aromatic N) is 3. The average Bonchev–Trinajstić information content (AvgIpc) is 3.31. The normalized spacial score (nSPS) is 13.6. The van der Waals surface area contributed by atoms with Crippen LogP contribution >= 0.6 is 34.5 Å². The summed E-state index contributed by atoms with van der Waals surface area (Å²) in [6.45, 7) is 0. The molecule has 5 nitrogen and oxygen atoms in total. The number of fused-ring (bicyclic) bond motifs is 3. The van der Waals surface area contributed by atoms with E-state index in [2.05, 4.69) is 9.56 Å². The average molecular weight is 470 g/mol. The first kappa shape index (κ1) is 20.2. The van der Waals surface area contributed by atoms with E-state index in [0.29, 0.717) is 10.0 Å². The molecule has 1 aliphatic carbocycles. The maximum atomic E-state index is 12.4. The predicted octanol–water partition coefficient (Wildman–Crippen LogP) is 6.44. The number of halogens is 2. The van der Waals surface area contributed by atoms with Gasteiger partial charge in [-0.2, -0.15) is 0 Å². The molecule has 0 unspecified atom stereocenters. The molecular formula is C23H17Cl2N3O2S. The SMILES string of the molecule is O=C(O/N=C\c1c(-c2ccc(Cl)cc2)nc2sc3c(n12)CCCC3)c1ccccc1Cl. The fourth-order valence-electron chi connectivity index (χ4n) is 3.80. The van der Waals surface area contributed by atoms with Crippen molar-refractivity contribution in [2.24, 2.45) is 5.16 Å². The molecule has 2 aromatic heterocycles. The van der Waals surface area contributed by atoms with Crippen LogP contribution in [0.15, 0.2) is 53.7 Å². The lowest BCUT2D eigenvalue weighted by atomic mass is 10.0. The zero-order valence-corrected chi connectivity index (χ0v) is 18.7. The quantitative estimate of drug-likeness (QED) is 0.196. The highest BCUT2D eigenvalue weighted by atomic mass is 35.5. The van der Waals surface area contributed by atoms with Crippen molar-refractivity contribution in [3.05, 3.63) is 80.4 Å². The van der Waals surface area contributed by atoms with Gasteiger partial charge in [0.05, 0.1) is 28.2 Å². The fraction of sp³-hybridized carbons (Fsp3) is 0.174. The van der Waals surface area contributed by atoms with Crippen LogP contribution in [0.25, 0.3) is 16.2 Å². The number of imidazole rings is 1. The van der Waals surface area contributed by atoms with Crippen LogP contribution < -0.4 is 0 Å². The summed E-state index contributed by atoms with van der Waals surface area (Å²) in [5.74, 6) is -0.608. The maximum absolute atomic E-state index is 12.4. The Morgan fingerprint density at radius 2 is 1.87 bits per heavy atom. The van der Waals surface area contributed by atoms with Gasteiger partial charge in [-0.05, 0) is 49.9 Å². The summed E-state index contributed by atoms with van der Waals surface area (Å²) in [6, 6.07) is 14.2. The van der Waals surface area contributed by atoms with Crippen molar-refractivity contribution in [2.75, 3.05) is 0 Å². The number of oxime groups is 1. The minimum absolute atomic E-state index is 0.269. The van der Waals surface area contributed by atoms with Crippen LogP contribution in [0.5, 0.6) is 0 Å². The van der Waals surface area contributed by atoms with Crippen molar-refractivity contribution in [3.63, 3.8) is 0 Å². The molecule has 0 spiro atoms. The van der Waals surface area contributed by atoms with Gasteiger partial charge in [-0.15, -0.1) is 11.3 Å². The van der Waals surface area contributed by atoms with E-state index in [-0.39, 0.29) is 5.56 Å². The van der Waals surface area contributed by atoms with E-state index in [1.54, 1.807) is 41.8 Å². The number of aromatic nitrogens is 2. The van der Waals surface area contributed by atoms with Crippen LogP contribution in [-0.2, 0) is 17.7 Å². The van der Waals surface area contributed by atoms with Gasteiger partial charge in [0, 0.05) is 21.2 Å². The second kappa shape index (κ2) is 8.46. The summed E-state index contributed by atoms with van der Waals surface area (Å²) in [4.78, 5) is 24.7. The van der Waals surface area contributed by atoms with Gasteiger partial charge >= 0.3 is 5.97 Å². The topological polar surface area (TPSA) is 56.0 Å². The smallest absolute Gasteiger partial charge is 0.313 e. The van der Waals surface area contributed by atoms with Gasteiger partial charge in [-0.25, -0.2) is 9.78 Å². The molecule has 0 saturated heterocycles. The molecule has 0 saturated carbocycles. The highest BCUT2D eigenvalue weighted by Crippen LogP contribution is 2.34. The molecule has 0 N–H and O–H groups in total. The van der Waals surface area contributed by atoms with Crippen molar-refractivity contribution < 1.29 is 9.63 Å². The third-order valence-corrected chi connectivity index (χ3v) is 7.00. The lowest BCUT2D eigenvalue weighted by Crippen LogP contribution is -2.06. The largest absolute Gasteiger partial charge is 0.367 e. The van der Waals surface area contributed by atoms with E-state index in [1.165, 1.54) is 17.0 Å². The molecule has 31 heavy (non-hydrogen) atoms. The standard InChI is InChI=1S/C23H17Cl2N3O2S/c24-15-11-9-14(10-12-15)21-19(13-26-30-22(29)16-5-1-2-6-17(16)25)28-18-7-3-4-8-20(18)31-23(28)27-21/h1-2,5-6,9-13H,3-4,7-8H2/b26-13-. The summed E-state index contributed by atoms with van der Waals surface area (Å²) in [7, 11) is 0. The Kier molecular flexibility index (Phi) is 5.52. The van der Waals surface area contributed by atoms with E-state index in [4.69, 9.17) is 33.0 Å². The van der Waals surface area contributed by atoms with Crippen LogP contribution in [-0.4, -0.2) is 21.6 Å². The summed E-state index contributed by atoms with van der Waals surface area (Å²) < 4.78 is 2.13. The molecule has 8 heteroatoms. The number of aryl methyl sites for hydroxylation is 2. The Hall–Kier alpha value is -2.67. The highest BCUT2D eigenvalue weighted by Gasteiger charge is 2.23. The van der Waals surface area contributed by atoms with E-state index in [9.17, 15) is 4.79 Å². The Morgan fingerprint density at radius 1 is 1.10 bits per heavy atom. The lowest BCUT2D eigenvalue weighted by molar-refractivity contribution is 0.0519. The van der Waals surface area contributed by atoms with Gasteiger partial charge < -0.3 is 4.84 Å². The molecule has 0 fully saturated rings. The molecule has 5 rings (SSSR count). The minimum Gasteiger partial charge on any atom is -0.313 e. The fourth-order valence-corrected chi connectivity index (χ4v) is 5.35. The van der Waals surface area contributed by atoms with Crippen molar-refractivity contribution in [2.45, 2.75) is 25.7 Å². The van der Waals surface area contributed by atoms with E-state index in [1.807, 2.05) is 24.3 Å². The number of rotatable bonds is 4. The van der Waals surface area contributed by atoms with Gasteiger partial charge in [-0.1, -0.05) is 52.6 Å². The van der Waals surface area contributed by atoms with Crippen molar-refractivity contribution in [1.82, 2.24) is 9.38 Å². The summed E-state index contributed by atoms with van der Waals surface area (Å²) >= 11 is 13.9. The van der Waals surface area contributed by atoms with Crippen LogP contribution in [0, 0.1) is 0 Å². The third-order valence-electron chi connectivity index (χ3n) is 5.28. The molecule has 0 atom stereocenters. The molecule has 0 radical (unpaired) electrons. The summed E-state index contributed by atoms with van der Waals surface area (Å²) in [6.07, 6.45) is 5.95. The second-order valence-corrected chi connectivity index (χ2v) is 9.15. The zero-order chi connectivity index (χ0) is 21.4. The first-order chi connectivity index (χ1) is 15.1. The first-order valence-electron chi connectivity index (χ1n) is 9.90. The molecule has 2 aromatic carbocycles. The minimum atomic E-state index is -0.608. The van der Waals surface area contributed by atoms with E-state index >= 15 is 0 Å². The lowest BCUT2D eigenvalue weighted by Gasteiger charge is -2.11. The second-order valence-electron chi connectivity index (χ2n) is 7.24. The monoisotopic (exact) mass is 469 g/mol. The van der Waals surface area contributed by atoms with Gasteiger partial charge in [0.2, 0.25) is 0 Å². The van der Waals surface area contributed by atoms with Crippen molar-refractivity contribution in [1.29, 1.82) is 0 Å². The Labute approximate surface area is 192 Å². The van der Waals surface area contributed by atoms with Gasteiger partial charge in [0.15, 0.2) is 4.96 Å². The predicted molar refractivity (Wildman–Crippen MR) is 125 cm³/mol. The summed E-state index contributed by atoms with van der Waals surface area (Å²) in [5.41, 5.74) is 4.00. The van der Waals surface area contributed by atoms with Crippen LogP contribution in [0.2, 0.25) is 10.0 Å². The molecule has 1 aliphatic rings. The van der Waals surface area contributed by atoms with Crippen LogP contribution in [0.4, 0.5) is 0 Å². The molecule has 0 bridgehead atoms. The number of hydrogen-bond donors (Lipinski definition) is 0. The number of thiazole rings is 1.